The Kier molecular flexibility index (Phi) is 5.98. The fourth-order valence-corrected chi connectivity index (χ4v) is 3.11. The lowest BCUT2D eigenvalue weighted by Gasteiger charge is -2.11. The highest BCUT2D eigenvalue weighted by molar-refractivity contribution is 6.04. The lowest BCUT2D eigenvalue weighted by Crippen LogP contribution is -2.12. The van der Waals surface area contributed by atoms with Gasteiger partial charge < -0.3 is 20.1 Å². The summed E-state index contributed by atoms with van der Waals surface area (Å²) in [5.74, 6) is 2.82. The largest absolute Gasteiger partial charge is 0.493 e. The zero-order valence-electron chi connectivity index (χ0n) is 17.9. The number of anilines is 3. The van der Waals surface area contributed by atoms with Gasteiger partial charge in [0.05, 0.1) is 14.2 Å². The van der Waals surface area contributed by atoms with Crippen LogP contribution in [-0.2, 0) is 0 Å². The van der Waals surface area contributed by atoms with Gasteiger partial charge in [-0.2, -0.15) is 0 Å². The summed E-state index contributed by atoms with van der Waals surface area (Å²) in [7, 11) is 3.08. The van der Waals surface area contributed by atoms with E-state index in [2.05, 4.69) is 25.6 Å². The van der Waals surface area contributed by atoms with Crippen LogP contribution in [0.25, 0.3) is 5.82 Å². The minimum Gasteiger partial charge on any atom is -0.493 e. The van der Waals surface area contributed by atoms with Gasteiger partial charge in [0.1, 0.15) is 23.8 Å². The number of amides is 1. The number of methoxy groups -OCH3 is 2. The van der Waals surface area contributed by atoms with Crippen molar-refractivity contribution in [1.29, 1.82) is 0 Å². The first-order valence-electron chi connectivity index (χ1n) is 9.80. The molecule has 0 atom stereocenters. The maximum absolute atomic E-state index is 12.6. The first-order chi connectivity index (χ1) is 15.6. The average molecular weight is 430 g/mol. The van der Waals surface area contributed by atoms with Crippen molar-refractivity contribution in [3.63, 3.8) is 0 Å². The number of nitrogens with zero attached hydrogens (tertiary/aromatic N) is 4. The number of hydrogen-bond acceptors (Lipinski definition) is 7. The van der Waals surface area contributed by atoms with Gasteiger partial charge in [-0.25, -0.2) is 15.0 Å². The van der Waals surface area contributed by atoms with E-state index in [1.807, 2.05) is 48.0 Å². The molecule has 0 aliphatic carbocycles. The van der Waals surface area contributed by atoms with E-state index in [0.29, 0.717) is 34.4 Å². The van der Waals surface area contributed by atoms with Crippen LogP contribution in [0.5, 0.6) is 11.5 Å². The predicted molar refractivity (Wildman–Crippen MR) is 121 cm³/mol. The van der Waals surface area contributed by atoms with E-state index in [-0.39, 0.29) is 5.91 Å². The molecule has 0 saturated carbocycles. The molecule has 32 heavy (non-hydrogen) atoms. The Bertz CT molecular complexity index is 1220. The van der Waals surface area contributed by atoms with Gasteiger partial charge in [-0.3, -0.25) is 9.36 Å². The molecule has 2 N–H and O–H groups in total. The Labute approximate surface area is 185 Å². The Hall–Kier alpha value is -4.40. The van der Waals surface area contributed by atoms with Crippen molar-refractivity contribution in [1.82, 2.24) is 19.5 Å². The summed E-state index contributed by atoms with van der Waals surface area (Å²) in [6.07, 6.45) is 5.20. The van der Waals surface area contributed by atoms with Gasteiger partial charge >= 0.3 is 0 Å². The number of nitrogens with one attached hydrogen (secondary N) is 2. The van der Waals surface area contributed by atoms with Crippen LogP contribution in [-0.4, -0.2) is 39.6 Å². The van der Waals surface area contributed by atoms with E-state index in [0.717, 1.165) is 11.5 Å². The van der Waals surface area contributed by atoms with Crippen LogP contribution in [0.3, 0.4) is 0 Å². The molecule has 2 aromatic heterocycles. The second-order valence-electron chi connectivity index (χ2n) is 6.85. The number of benzene rings is 2. The van der Waals surface area contributed by atoms with Crippen molar-refractivity contribution in [3.8, 4) is 17.3 Å². The number of imidazole rings is 1. The molecule has 2 heterocycles. The summed E-state index contributed by atoms with van der Waals surface area (Å²) >= 11 is 0. The number of carbonyl (C=O) groups is 1. The van der Waals surface area contributed by atoms with E-state index in [1.165, 1.54) is 7.11 Å². The van der Waals surface area contributed by atoms with Crippen molar-refractivity contribution < 1.29 is 14.3 Å². The van der Waals surface area contributed by atoms with Crippen LogP contribution >= 0.6 is 0 Å². The number of hydrogen-bond donors (Lipinski definition) is 2. The molecule has 0 radical (unpaired) electrons. The molecule has 2 aromatic carbocycles. The maximum Gasteiger partial charge on any atom is 0.255 e. The predicted octanol–water partition coefficient (Wildman–Crippen LogP) is 3.98. The zero-order chi connectivity index (χ0) is 22.5. The average Bonchev–Trinajstić information content (AvgIpc) is 3.34. The van der Waals surface area contributed by atoms with Crippen molar-refractivity contribution >= 4 is 23.1 Å². The molecule has 0 unspecified atom stereocenters. The quantitative estimate of drug-likeness (QED) is 0.457. The van der Waals surface area contributed by atoms with Gasteiger partial charge in [0.15, 0.2) is 11.5 Å². The van der Waals surface area contributed by atoms with Gasteiger partial charge in [0, 0.05) is 35.4 Å². The van der Waals surface area contributed by atoms with Gasteiger partial charge in [-0.1, -0.05) is 0 Å². The Morgan fingerprint density at radius 3 is 2.38 bits per heavy atom. The summed E-state index contributed by atoms with van der Waals surface area (Å²) < 4.78 is 12.3. The third kappa shape index (κ3) is 4.67. The summed E-state index contributed by atoms with van der Waals surface area (Å²) in [5.41, 5.74) is 1.95. The number of aryl methyl sites for hydroxylation is 1. The fraction of sp³-hybridized carbons (Fsp3) is 0.130. The van der Waals surface area contributed by atoms with Gasteiger partial charge in [-0.15, -0.1) is 0 Å². The third-order valence-electron chi connectivity index (χ3n) is 4.65. The van der Waals surface area contributed by atoms with E-state index in [1.54, 1.807) is 37.8 Å². The number of carbonyl (C=O) groups excluding carboxylic acids is 1. The van der Waals surface area contributed by atoms with E-state index < -0.39 is 0 Å². The van der Waals surface area contributed by atoms with Crippen LogP contribution in [0.4, 0.5) is 17.2 Å². The highest BCUT2D eigenvalue weighted by Gasteiger charge is 2.11. The lowest BCUT2D eigenvalue weighted by atomic mass is 10.1. The second kappa shape index (κ2) is 9.17. The summed E-state index contributed by atoms with van der Waals surface area (Å²) in [6, 6.07) is 14.2. The highest BCUT2D eigenvalue weighted by atomic mass is 16.5. The monoisotopic (exact) mass is 430 g/mol. The molecule has 0 bridgehead atoms. The van der Waals surface area contributed by atoms with Crippen molar-refractivity contribution in [2.24, 2.45) is 0 Å². The van der Waals surface area contributed by atoms with Crippen molar-refractivity contribution in [2.75, 3.05) is 24.9 Å². The van der Waals surface area contributed by atoms with Crippen LogP contribution in [0.2, 0.25) is 0 Å². The normalized spacial score (nSPS) is 10.5. The van der Waals surface area contributed by atoms with E-state index in [4.69, 9.17) is 9.47 Å². The molecular weight excluding hydrogens is 408 g/mol. The molecule has 0 aliphatic heterocycles. The first-order valence-corrected chi connectivity index (χ1v) is 9.80. The summed E-state index contributed by atoms with van der Waals surface area (Å²) in [6.45, 7) is 1.83. The van der Waals surface area contributed by atoms with Gasteiger partial charge in [0.25, 0.3) is 5.91 Å². The maximum atomic E-state index is 12.6. The van der Waals surface area contributed by atoms with Crippen LogP contribution in [0.15, 0.2) is 67.3 Å². The Morgan fingerprint density at radius 1 is 0.938 bits per heavy atom. The van der Waals surface area contributed by atoms with Crippen molar-refractivity contribution in [3.05, 3.63) is 78.6 Å². The molecule has 4 rings (SSSR count). The van der Waals surface area contributed by atoms with Gasteiger partial charge in [0.2, 0.25) is 0 Å². The first kappa shape index (κ1) is 20.9. The number of ether oxygens (including phenoxy) is 2. The number of aromatic nitrogens is 4. The van der Waals surface area contributed by atoms with Crippen molar-refractivity contribution in [2.45, 2.75) is 6.92 Å². The molecule has 0 saturated heterocycles. The minimum atomic E-state index is -0.247. The fourth-order valence-electron chi connectivity index (χ4n) is 3.11. The Morgan fingerprint density at radius 2 is 1.69 bits per heavy atom. The lowest BCUT2D eigenvalue weighted by molar-refractivity contribution is 0.102. The molecular formula is C23H22N6O3. The molecule has 0 aliphatic rings. The third-order valence-corrected chi connectivity index (χ3v) is 4.65. The zero-order valence-corrected chi connectivity index (χ0v) is 17.9. The second-order valence-corrected chi connectivity index (χ2v) is 6.85. The standard InChI is InChI=1S/C23H22N6O3/c1-15-25-21(13-22(26-15)29-11-10-24-14-29)27-17-5-7-18(8-6-17)28-23(30)16-4-9-19(31-2)20(12-16)32-3/h4-14H,1-3H3,(H,28,30)(H,25,26,27). The summed E-state index contributed by atoms with van der Waals surface area (Å²) in [4.78, 5) is 25.5. The van der Waals surface area contributed by atoms with Crippen LogP contribution in [0.1, 0.15) is 16.2 Å². The molecule has 9 nitrogen and oxygen atoms in total. The summed E-state index contributed by atoms with van der Waals surface area (Å²) in [5, 5.41) is 6.13. The molecule has 162 valence electrons. The van der Waals surface area contributed by atoms with Crippen LogP contribution < -0.4 is 20.1 Å². The SMILES string of the molecule is COc1ccc(C(=O)Nc2ccc(Nc3cc(-n4ccnc4)nc(C)n3)cc2)cc1OC. The minimum absolute atomic E-state index is 0.247. The van der Waals surface area contributed by atoms with Gasteiger partial charge in [-0.05, 0) is 49.4 Å². The number of rotatable bonds is 7. The van der Waals surface area contributed by atoms with E-state index >= 15 is 0 Å². The van der Waals surface area contributed by atoms with Crippen LogP contribution in [0, 0.1) is 6.92 Å². The molecule has 0 fully saturated rings. The Balaban J connectivity index is 1.45. The highest BCUT2D eigenvalue weighted by Crippen LogP contribution is 2.28. The molecule has 1 amide bonds. The molecule has 9 heteroatoms. The van der Waals surface area contributed by atoms with E-state index in [9.17, 15) is 4.79 Å². The smallest absolute Gasteiger partial charge is 0.255 e. The molecule has 4 aromatic rings. The molecule has 0 spiro atoms. The topological polar surface area (TPSA) is 103 Å².